The number of hydrogen-bond donors (Lipinski definition) is 2. The minimum atomic E-state index is -0.768. The van der Waals surface area contributed by atoms with Gasteiger partial charge in [0.15, 0.2) is 0 Å². The molecule has 0 aromatic heterocycles. The molecule has 2 atom stereocenters. The highest BCUT2D eigenvalue weighted by atomic mass is 79.9. The molecule has 0 spiro atoms. The average Bonchev–Trinajstić information content (AvgIpc) is 2.41. The molecular formula is C14H17BrN2O4. The van der Waals surface area contributed by atoms with Gasteiger partial charge in [-0.2, -0.15) is 0 Å². The zero-order valence-electron chi connectivity index (χ0n) is 11.6. The Morgan fingerprint density at radius 1 is 1.48 bits per heavy atom. The van der Waals surface area contributed by atoms with Crippen LogP contribution in [0.5, 0.6) is 0 Å². The molecule has 2 unspecified atom stereocenters. The highest BCUT2D eigenvalue weighted by Crippen LogP contribution is 2.33. The Morgan fingerprint density at radius 2 is 2.19 bits per heavy atom. The number of rotatable bonds is 4. The Balaban J connectivity index is 2.17. The normalized spacial score (nSPS) is 21.8. The van der Waals surface area contributed by atoms with E-state index in [4.69, 9.17) is 5.11 Å². The molecule has 1 fully saturated rings. The van der Waals surface area contributed by atoms with E-state index in [0.29, 0.717) is 24.1 Å². The third-order valence-corrected chi connectivity index (χ3v) is 4.52. The number of carboxylic acid groups (broad SMARTS) is 1. The fourth-order valence-electron chi connectivity index (χ4n) is 2.73. The van der Waals surface area contributed by atoms with Crippen LogP contribution in [-0.4, -0.2) is 22.0 Å². The maximum absolute atomic E-state index is 11.1. The van der Waals surface area contributed by atoms with Gasteiger partial charge in [-0.15, -0.1) is 0 Å². The van der Waals surface area contributed by atoms with Gasteiger partial charge in [0.05, 0.1) is 16.5 Å². The molecule has 114 valence electrons. The number of aliphatic carboxylic acids is 1. The van der Waals surface area contributed by atoms with Gasteiger partial charge in [-0.05, 0) is 48.2 Å². The molecule has 0 radical (unpaired) electrons. The SMILES string of the molecule is Cc1cc(Br)c(NC2CCCC(C(=O)O)C2)cc1[N+](=O)[O-]. The van der Waals surface area contributed by atoms with Gasteiger partial charge in [-0.25, -0.2) is 0 Å². The number of hydrogen-bond acceptors (Lipinski definition) is 4. The molecule has 0 bridgehead atoms. The molecule has 0 amide bonds. The first-order chi connectivity index (χ1) is 9.88. The fourth-order valence-corrected chi connectivity index (χ4v) is 3.31. The minimum absolute atomic E-state index is 0.0264. The summed E-state index contributed by atoms with van der Waals surface area (Å²) in [6.45, 7) is 1.69. The van der Waals surface area contributed by atoms with Crippen molar-refractivity contribution in [3.8, 4) is 0 Å². The Kier molecular flexibility index (Phi) is 4.82. The summed E-state index contributed by atoms with van der Waals surface area (Å²) >= 11 is 3.40. The number of aryl methyl sites for hydroxylation is 1. The lowest BCUT2D eigenvalue weighted by molar-refractivity contribution is -0.385. The number of nitrogens with one attached hydrogen (secondary N) is 1. The van der Waals surface area contributed by atoms with Crippen LogP contribution in [0.3, 0.4) is 0 Å². The summed E-state index contributed by atoms with van der Waals surface area (Å²) < 4.78 is 0.753. The molecule has 7 heteroatoms. The number of carbonyl (C=O) groups is 1. The third-order valence-electron chi connectivity index (χ3n) is 3.87. The molecule has 21 heavy (non-hydrogen) atoms. The van der Waals surface area contributed by atoms with E-state index in [1.165, 1.54) is 6.07 Å². The van der Waals surface area contributed by atoms with Crippen LogP contribution < -0.4 is 5.32 Å². The summed E-state index contributed by atoms with van der Waals surface area (Å²) in [5.74, 6) is -1.11. The first-order valence-electron chi connectivity index (χ1n) is 6.82. The van der Waals surface area contributed by atoms with Crippen molar-refractivity contribution >= 4 is 33.3 Å². The quantitative estimate of drug-likeness (QED) is 0.633. The van der Waals surface area contributed by atoms with Gasteiger partial charge in [0.1, 0.15) is 0 Å². The smallest absolute Gasteiger partial charge is 0.306 e. The van der Waals surface area contributed by atoms with Crippen molar-refractivity contribution in [3.05, 3.63) is 32.3 Å². The van der Waals surface area contributed by atoms with E-state index in [1.54, 1.807) is 13.0 Å². The van der Waals surface area contributed by atoms with Crippen molar-refractivity contribution in [2.24, 2.45) is 5.92 Å². The third kappa shape index (κ3) is 3.72. The first-order valence-corrected chi connectivity index (χ1v) is 7.61. The summed E-state index contributed by atoms with van der Waals surface area (Å²) in [5, 5.41) is 23.3. The number of nitro groups is 1. The molecule has 1 aromatic carbocycles. The van der Waals surface area contributed by atoms with Crippen molar-refractivity contribution < 1.29 is 14.8 Å². The molecule has 1 aromatic rings. The lowest BCUT2D eigenvalue weighted by atomic mass is 9.85. The Morgan fingerprint density at radius 3 is 2.81 bits per heavy atom. The summed E-state index contributed by atoms with van der Waals surface area (Å²) in [5.41, 5.74) is 1.29. The van der Waals surface area contributed by atoms with E-state index in [9.17, 15) is 14.9 Å². The molecule has 1 aliphatic carbocycles. The van der Waals surface area contributed by atoms with Crippen molar-refractivity contribution in [2.45, 2.75) is 38.6 Å². The van der Waals surface area contributed by atoms with Gasteiger partial charge in [-0.1, -0.05) is 6.42 Å². The van der Waals surface area contributed by atoms with Gasteiger partial charge in [-0.3, -0.25) is 14.9 Å². The van der Waals surface area contributed by atoms with Crippen LogP contribution in [0.25, 0.3) is 0 Å². The van der Waals surface area contributed by atoms with Gasteiger partial charge < -0.3 is 10.4 Å². The van der Waals surface area contributed by atoms with E-state index in [0.717, 1.165) is 17.3 Å². The molecular weight excluding hydrogens is 340 g/mol. The van der Waals surface area contributed by atoms with Crippen molar-refractivity contribution in [1.29, 1.82) is 0 Å². The maximum Gasteiger partial charge on any atom is 0.306 e. The minimum Gasteiger partial charge on any atom is -0.481 e. The van der Waals surface area contributed by atoms with E-state index >= 15 is 0 Å². The van der Waals surface area contributed by atoms with Crippen molar-refractivity contribution in [1.82, 2.24) is 0 Å². The van der Waals surface area contributed by atoms with Crippen LogP contribution in [0.15, 0.2) is 16.6 Å². The number of nitrogens with zero attached hydrogens (tertiary/aromatic N) is 1. The maximum atomic E-state index is 11.1. The lowest BCUT2D eigenvalue weighted by Gasteiger charge is -2.28. The van der Waals surface area contributed by atoms with E-state index < -0.39 is 10.9 Å². The summed E-state index contributed by atoms with van der Waals surface area (Å²) in [6, 6.07) is 3.24. The van der Waals surface area contributed by atoms with Gasteiger partial charge in [0, 0.05) is 22.1 Å². The molecule has 0 aliphatic heterocycles. The second-order valence-corrected chi connectivity index (χ2v) is 6.27. The molecule has 1 aliphatic rings. The molecule has 2 N–H and O–H groups in total. The number of benzene rings is 1. The number of anilines is 1. The molecule has 6 nitrogen and oxygen atoms in total. The van der Waals surface area contributed by atoms with Gasteiger partial charge in [0.25, 0.3) is 5.69 Å². The Labute approximate surface area is 130 Å². The first kappa shape index (κ1) is 15.8. The fraction of sp³-hybridized carbons (Fsp3) is 0.500. The van der Waals surface area contributed by atoms with Crippen molar-refractivity contribution in [2.75, 3.05) is 5.32 Å². The van der Waals surface area contributed by atoms with Crippen LogP contribution in [0.1, 0.15) is 31.2 Å². The zero-order valence-corrected chi connectivity index (χ0v) is 13.2. The number of halogens is 1. The molecule has 0 saturated heterocycles. The van der Waals surface area contributed by atoms with Crippen LogP contribution in [0, 0.1) is 23.0 Å². The van der Waals surface area contributed by atoms with E-state index in [1.807, 2.05) is 0 Å². The van der Waals surface area contributed by atoms with Crippen LogP contribution in [0.4, 0.5) is 11.4 Å². The van der Waals surface area contributed by atoms with Crippen molar-refractivity contribution in [3.63, 3.8) is 0 Å². The predicted molar refractivity (Wildman–Crippen MR) is 82.5 cm³/mol. The lowest BCUT2D eigenvalue weighted by Crippen LogP contribution is -2.31. The van der Waals surface area contributed by atoms with Crippen LogP contribution in [-0.2, 0) is 4.79 Å². The second kappa shape index (κ2) is 6.43. The summed E-state index contributed by atoms with van der Waals surface area (Å²) in [6.07, 6.45) is 2.96. The molecule has 0 heterocycles. The summed E-state index contributed by atoms with van der Waals surface area (Å²) in [7, 11) is 0. The van der Waals surface area contributed by atoms with Gasteiger partial charge >= 0.3 is 5.97 Å². The van der Waals surface area contributed by atoms with Crippen LogP contribution >= 0.6 is 15.9 Å². The monoisotopic (exact) mass is 356 g/mol. The Bertz CT molecular complexity index is 576. The highest BCUT2D eigenvalue weighted by Gasteiger charge is 2.27. The number of nitro benzene ring substituents is 1. The number of carboxylic acids is 1. The average molecular weight is 357 g/mol. The summed E-state index contributed by atoms with van der Waals surface area (Å²) in [4.78, 5) is 21.7. The Hall–Kier alpha value is -1.63. The van der Waals surface area contributed by atoms with E-state index in [2.05, 4.69) is 21.2 Å². The standard InChI is InChI=1S/C14H17BrN2O4/c1-8-5-11(15)12(7-13(8)17(20)21)16-10-4-2-3-9(6-10)14(18)19/h5,7,9-10,16H,2-4,6H2,1H3,(H,18,19). The van der Waals surface area contributed by atoms with Gasteiger partial charge in [0.2, 0.25) is 0 Å². The predicted octanol–water partition coefficient (Wildman–Crippen LogP) is 3.72. The largest absolute Gasteiger partial charge is 0.481 e. The van der Waals surface area contributed by atoms with Crippen LogP contribution in [0.2, 0.25) is 0 Å². The topological polar surface area (TPSA) is 92.5 Å². The second-order valence-electron chi connectivity index (χ2n) is 5.42. The van der Waals surface area contributed by atoms with E-state index in [-0.39, 0.29) is 17.6 Å². The molecule has 1 saturated carbocycles. The zero-order chi connectivity index (χ0) is 15.6. The molecule has 2 rings (SSSR count). The highest BCUT2D eigenvalue weighted by molar-refractivity contribution is 9.10.